The summed E-state index contributed by atoms with van der Waals surface area (Å²) in [6.07, 6.45) is 0. The van der Waals surface area contributed by atoms with Gasteiger partial charge in [-0.3, -0.25) is 4.79 Å². The molecule has 0 unspecified atom stereocenters. The van der Waals surface area contributed by atoms with Crippen LogP contribution in [0.2, 0.25) is 0 Å². The topological polar surface area (TPSA) is 37.3 Å². The van der Waals surface area contributed by atoms with E-state index in [4.69, 9.17) is 5.11 Å². The molecular weight excluding hydrogens is 220 g/mol. The standard InChI is InChI=1S/C9H9BrO2/c1-6(12)7-2-3-8(5-11)9(10)4-7/h2-4,11H,5H2,1H3. The Hall–Kier alpha value is -0.670. The largest absolute Gasteiger partial charge is 0.392 e. The number of hydrogen-bond donors (Lipinski definition) is 1. The monoisotopic (exact) mass is 228 g/mol. The Morgan fingerprint density at radius 1 is 1.58 bits per heavy atom. The number of benzene rings is 1. The molecular formula is C9H9BrO2. The van der Waals surface area contributed by atoms with E-state index in [1.165, 1.54) is 6.92 Å². The molecule has 0 aliphatic rings. The van der Waals surface area contributed by atoms with Gasteiger partial charge in [0.1, 0.15) is 0 Å². The summed E-state index contributed by atoms with van der Waals surface area (Å²) in [4.78, 5) is 10.9. The number of aliphatic hydroxyl groups is 1. The normalized spacial score (nSPS) is 9.92. The number of halogens is 1. The quantitative estimate of drug-likeness (QED) is 0.789. The third-order valence-corrected chi connectivity index (χ3v) is 2.37. The zero-order chi connectivity index (χ0) is 9.14. The van der Waals surface area contributed by atoms with Crippen molar-refractivity contribution in [2.45, 2.75) is 13.5 Å². The molecule has 0 bridgehead atoms. The molecule has 0 heterocycles. The molecule has 0 aliphatic carbocycles. The van der Waals surface area contributed by atoms with Crippen LogP contribution in [0.25, 0.3) is 0 Å². The zero-order valence-electron chi connectivity index (χ0n) is 6.67. The van der Waals surface area contributed by atoms with Gasteiger partial charge in [0.2, 0.25) is 0 Å². The smallest absolute Gasteiger partial charge is 0.159 e. The molecule has 0 aromatic heterocycles. The minimum atomic E-state index is -0.0151. The Kier molecular flexibility index (Phi) is 3.00. The highest BCUT2D eigenvalue weighted by atomic mass is 79.9. The van der Waals surface area contributed by atoms with Gasteiger partial charge in [-0.2, -0.15) is 0 Å². The van der Waals surface area contributed by atoms with Gasteiger partial charge in [-0.15, -0.1) is 0 Å². The zero-order valence-corrected chi connectivity index (χ0v) is 8.26. The molecule has 0 fully saturated rings. The molecule has 2 nitrogen and oxygen atoms in total. The molecule has 0 atom stereocenters. The number of Topliss-reactive ketones (excluding diaryl/α,β-unsaturated/α-hetero) is 1. The summed E-state index contributed by atoms with van der Waals surface area (Å²) in [6, 6.07) is 5.16. The number of carbonyl (C=O) groups is 1. The van der Waals surface area contributed by atoms with E-state index in [1.54, 1.807) is 18.2 Å². The van der Waals surface area contributed by atoms with Crippen molar-refractivity contribution in [3.05, 3.63) is 33.8 Å². The van der Waals surface area contributed by atoms with E-state index in [9.17, 15) is 4.79 Å². The lowest BCUT2D eigenvalue weighted by Crippen LogP contribution is -1.93. The molecule has 1 rings (SSSR count). The average molecular weight is 229 g/mol. The van der Waals surface area contributed by atoms with Gasteiger partial charge in [0.25, 0.3) is 0 Å². The maximum atomic E-state index is 10.9. The first-order valence-corrected chi connectivity index (χ1v) is 4.34. The molecule has 0 spiro atoms. The van der Waals surface area contributed by atoms with E-state index in [-0.39, 0.29) is 12.4 Å². The molecule has 0 radical (unpaired) electrons. The van der Waals surface area contributed by atoms with Crippen molar-refractivity contribution in [1.82, 2.24) is 0 Å². The lowest BCUT2D eigenvalue weighted by molar-refractivity contribution is 0.101. The lowest BCUT2D eigenvalue weighted by Gasteiger charge is -2.01. The minimum Gasteiger partial charge on any atom is -0.392 e. The first-order valence-electron chi connectivity index (χ1n) is 3.55. The fraction of sp³-hybridized carbons (Fsp3) is 0.222. The highest BCUT2D eigenvalue weighted by molar-refractivity contribution is 9.10. The van der Waals surface area contributed by atoms with Crippen molar-refractivity contribution in [2.24, 2.45) is 0 Å². The summed E-state index contributed by atoms with van der Waals surface area (Å²) in [5.74, 6) is 0.0280. The van der Waals surface area contributed by atoms with Crippen LogP contribution < -0.4 is 0 Å². The van der Waals surface area contributed by atoms with Crippen LogP contribution in [-0.4, -0.2) is 10.9 Å². The second-order valence-corrected chi connectivity index (χ2v) is 3.37. The van der Waals surface area contributed by atoms with Crippen LogP contribution in [0.5, 0.6) is 0 Å². The van der Waals surface area contributed by atoms with Crippen molar-refractivity contribution < 1.29 is 9.90 Å². The molecule has 0 saturated carbocycles. The van der Waals surface area contributed by atoms with E-state index < -0.39 is 0 Å². The summed E-state index contributed by atoms with van der Waals surface area (Å²) in [6.45, 7) is 1.50. The molecule has 0 amide bonds. The first-order chi connectivity index (χ1) is 5.65. The predicted molar refractivity (Wildman–Crippen MR) is 50.1 cm³/mol. The Morgan fingerprint density at radius 3 is 2.67 bits per heavy atom. The predicted octanol–water partition coefficient (Wildman–Crippen LogP) is 2.14. The molecule has 0 aliphatic heterocycles. The van der Waals surface area contributed by atoms with E-state index in [1.807, 2.05) is 0 Å². The van der Waals surface area contributed by atoms with Gasteiger partial charge >= 0.3 is 0 Å². The average Bonchev–Trinajstić information content (AvgIpc) is 2.04. The second kappa shape index (κ2) is 3.83. The maximum Gasteiger partial charge on any atom is 0.159 e. The number of hydrogen-bond acceptors (Lipinski definition) is 2. The second-order valence-electron chi connectivity index (χ2n) is 2.52. The van der Waals surface area contributed by atoms with Crippen LogP contribution in [-0.2, 0) is 6.61 Å². The summed E-state index contributed by atoms with van der Waals surface area (Å²) >= 11 is 3.26. The summed E-state index contributed by atoms with van der Waals surface area (Å²) in [7, 11) is 0. The minimum absolute atomic E-state index is 0.0151. The van der Waals surface area contributed by atoms with Gasteiger partial charge in [0, 0.05) is 10.0 Å². The van der Waals surface area contributed by atoms with Crippen LogP contribution in [0.1, 0.15) is 22.8 Å². The van der Waals surface area contributed by atoms with Crippen LogP contribution in [0, 0.1) is 0 Å². The highest BCUT2D eigenvalue weighted by Gasteiger charge is 2.02. The summed E-state index contributed by atoms with van der Waals surface area (Å²) in [5.41, 5.74) is 1.44. The van der Waals surface area contributed by atoms with Gasteiger partial charge in [0.15, 0.2) is 5.78 Å². The van der Waals surface area contributed by atoms with Gasteiger partial charge in [-0.1, -0.05) is 28.1 Å². The first kappa shape index (κ1) is 9.42. The fourth-order valence-corrected chi connectivity index (χ4v) is 1.40. The maximum absolute atomic E-state index is 10.9. The Balaban J connectivity index is 3.10. The van der Waals surface area contributed by atoms with Gasteiger partial charge in [-0.05, 0) is 18.6 Å². The van der Waals surface area contributed by atoms with Crippen LogP contribution >= 0.6 is 15.9 Å². The molecule has 3 heteroatoms. The summed E-state index contributed by atoms with van der Waals surface area (Å²) < 4.78 is 0.776. The van der Waals surface area contributed by atoms with E-state index in [0.29, 0.717) is 5.56 Å². The van der Waals surface area contributed by atoms with Crippen LogP contribution in [0.15, 0.2) is 22.7 Å². The number of rotatable bonds is 2. The van der Waals surface area contributed by atoms with Gasteiger partial charge in [0.05, 0.1) is 6.61 Å². The molecule has 1 N–H and O–H groups in total. The van der Waals surface area contributed by atoms with Crippen molar-refractivity contribution in [2.75, 3.05) is 0 Å². The van der Waals surface area contributed by atoms with Crippen LogP contribution in [0.3, 0.4) is 0 Å². The van der Waals surface area contributed by atoms with E-state index in [2.05, 4.69) is 15.9 Å². The lowest BCUT2D eigenvalue weighted by atomic mass is 10.1. The van der Waals surface area contributed by atoms with Gasteiger partial charge in [-0.25, -0.2) is 0 Å². The molecule has 1 aromatic rings. The molecule has 64 valence electrons. The van der Waals surface area contributed by atoms with E-state index in [0.717, 1.165) is 10.0 Å². The van der Waals surface area contributed by atoms with Crippen molar-refractivity contribution >= 4 is 21.7 Å². The number of ketones is 1. The number of aliphatic hydroxyl groups excluding tert-OH is 1. The summed E-state index contributed by atoms with van der Waals surface area (Å²) in [5, 5.41) is 8.83. The van der Waals surface area contributed by atoms with Crippen molar-refractivity contribution in [3.8, 4) is 0 Å². The van der Waals surface area contributed by atoms with Crippen LogP contribution in [0.4, 0.5) is 0 Å². The van der Waals surface area contributed by atoms with Gasteiger partial charge < -0.3 is 5.11 Å². The number of carbonyl (C=O) groups excluding carboxylic acids is 1. The third-order valence-electron chi connectivity index (χ3n) is 1.63. The van der Waals surface area contributed by atoms with E-state index >= 15 is 0 Å². The molecule has 0 saturated heterocycles. The highest BCUT2D eigenvalue weighted by Crippen LogP contribution is 2.18. The van der Waals surface area contributed by atoms with Crippen molar-refractivity contribution in [3.63, 3.8) is 0 Å². The SMILES string of the molecule is CC(=O)c1ccc(CO)c(Br)c1. The third kappa shape index (κ3) is 1.93. The molecule has 1 aromatic carbocycles. The Bertz CT molecular complexity index is 307. The molecule has 12 heavy (non-hydrogen) atoms. The van der Waals surface area contributed by atoms with Crippen molar-refractivity contribution in [1.29, 1.82) is 0 Å². The Labute approximate surface area is 79.3 Å². The Morgan fingerprint density at radius 2 is 2.25 bits per heavy atom. The fourth-order valence-electron chi connectivity index (χ4n) is 0.895.